The average molecular weight is 269 g/mol. The highest BCUT2D eigenvalue weighted by Gasteiger charge is 2.25. The fourth-order valence-electron chi connectivity index (χ4n) is 1.86. The van der Waals surface area contributed by atoms with Gasteiger partial charge in [0.25, 0.3) is 5.75 Å². The zero-order valence-corrected chi connectivity index (χ0v) is 10.4. The summed E-state index contributed by atoms with van der Waals surface area (Å²) in [5.41, 5.74) is 1.39. The summed E-state index contributed by atoms with van der Waals surface area (Å²) in [4.78, 5) is 15.5. The van der Waals surface area contributed by atoms with Gasteiger partial charge in [0, 0.05) is 0 Å². The number of nitroso groups, excluding NO2 is 1. The van der Waals surface area contributed by atoms with Crippen molar-refractivity contribution in [3.05, 3.63) is 59.3 Å². The van der Waals surface area contributed by atoms with Crippen LogP contribution in [0.2, 0.25) is 0 Å². The lowest BCUT2D eigenvalue weighted by Crippen LogP contribution is -2.12. The molecule has 0 aliphatic heterocycles. The molecule has 3 aromatic rings. The van der Waals surface area contributed by atoms with E-state index in [1.54, 1.807) is 18.2 Å². The van der Waals surface area contributed by atoms with Crippen molar-refractivity contribution in [2.24, 2.45) is 5.84 Å². The van der Waals surface area contributed by atoms with Gasteiger partial charge in [0.15, 0.2) is 11.8 Å². The van der Waals surface area contributed by atoms with Crippen LogP contribution in [-0.4, -0.2) is 9.85 Å². The molecule has 3 rings (SSSR count). The molecule has 0 atom stereocenters. The molecule has 1 radical (unpaired) electrons. The number of hydrogen-bond acceptors (Lipinski definition) is 4. The predicted octanol–water partition coefficient (Wildman–Crippen LogP) is 2.49. The Morgan fingerprint density at radius 2 is 2.15 bits per heavy atom. The van der Waals surface area contributed by atoms with Crippen LogP contribution in [0.1, 0.15) is 5.56 Å². The van der Waals surface area contributed by atoms with Crippen LogP contribution in [0.15, 0.2) is 47.2 Å². The number of nitrogens with two attached hydrogens (primary N) is 1. The normalized spacial score (nSPS) is 10.6. The summed E-state index contributed by atoms with van der Waals surface area (Å²) in [5, 5.41) is 0.743. The Kier molecular flexibility index (Phi) is 3.04. The van der Waals surface area contributed by atoms with Gasteiger partial charge >= 0.3 is 5.82 Å². The molecule has 2 heterocycles. The summed E-state index contributed by atoms with van der Waals surface area (Å²) in [7, 11) is 0. The number of furan rings is 1. The SMILES string of the molecule is N[N+](=O)c1ncc2ccoc2c1OCc1cc[c]cc1. The largest absolute Gasteiger partial charge is 0.478 e. The number of pyridine rings is 1. The number of fused-ring (bicyclic) bond motifs is 1. The average Bonchev–Trinajstić information content (AvgIpc) is 2.94. The third-order valence-corrected chi connectivity index (χ3v) is 2.81. The first-order valence-electron chi connectivity index (χ1n) is 5.91. The summed E-state index contributed by atoms with van der Waals surface area (Å²) in [5.74, 6) is 5.45. The van der Waals surface area contributed by atoms with Crippen molar-refractivity contribution < 1.29 is 14.0 Å². The summed E-state index contributed by atoms with van der Waals surface area (Å²) in [6.07, 6.45) is 3.02. The van der Waals surface area contributed by atoms with Crippen LogP contribution in [0.3, 0.4) is 0 Å². The second-order valence-electron chi connectivity index (χ2n) is 4.14. The van der Waals surface area contributed by atoms with E-state index >= 15 is 0 Å². The van der Waals surface area contributed by atoms with Crippen molar-refractivity contribution in [3.8, 4) is 5.75 Å². The molecule has 0 bridgehead atoms. The first kappa shape index (κ1) is 12.2. The third kappa shape index (κ3) is 2.18. The second kappa shape index (κ2) is 5.00. The Morgan fingerprint density at radius 3 is 2.90 bits per heavy atom. The van der Waals surface area contributed by atoms with Gasteiger partial charge < -0.3 is 9.15 Å². The third-order valence-electron chi connectivity index (χ3n) is 2.81. The minimum Gasteiger partial charge on any atom is -0.478 e. The van der Waals surface area contributed by atoms with Gasteiger partial charge in [0.1, 0.15) is 6.61 Å². The first-order valence-corrected chi connectivity index (χ1v) is 5.91. The number of aromatic nitrogens is 1. The van der Waals surface area contributed by atoms with E-state index in [0.717, 1.165) is 10.9 Å². The van der Waals surface area contributed by atoms with Crippen molar-refractivity contribution in [1.82, 2.24) is 4.98 Å². The molecule has 0 aliphatic rings. The monoisotopic (exact) mass is 269 g/mol. The molecule has 0 unspecified atom stereocenters. The second-order valence-corrected chi connectivity index (χ2v) is 4.14. The fourth-order valence-corrected chi connectivity index (χ4v) is 1.86. The van der Waals surface area contributed by atoms with Crippen molar-refractivity contribution in [3.63, 3.8) is 0 Å². The Balaban J connectivity index is 1.98. The molecule has 0 amide bonds. The fraction of sp³-hybridized carbons (Fsp3) is 0.0714. The number of nitrogens with zero attached hydrogens (tertiary/aromatic N) is 2. The van der Waals surface area contributed by atoms with Crippen molar-refractivity contribution >= 4 is 16.8 Å². The minimum absolute atomic E-state index is 0.0186. The van der Waals surface area contributed by atoms with Gasteiger partial charge in [-0.1, -0.05) is 24.3 Å². The van der Waals surface area contributed by atoms with Gasteiger partial charge in [-0.3, -0.25) is 0 Å². The van der Waals surface area contributed by atoms with Gasteiger partial charge in [0.2, 0.25) is 0 Å². The Morgan fingerprint density at radius 1 is 1.35 bits per heavy atom. The lowest BCUT2D eigenvalue weighted by atomic mass is 10.2. The molecule has 0 aliphatic carbocycles. The molecule has 20 heavy (non-hydrogen) atoms. The number of ether oxygens (including phenoxy) is 1. The van der Waals surface area contributed by atoms with Gasteiger partial charge in [-0.25, -0.2) is 5.84 Å². The smallest absolute Gasteiger partial charge is 0.434 e. The molecular formula is C14H11N3O3+. The number of benzene rings is 1. The first-order chi connectivity index (χ1) is 9.75. The summed E-state index contributed by atoms with van der Waals surface area (Å²) in [6, 6.07) is 12.0. The van der Waals surface area contributed by atoms with E-state index in [9.17, 15) is 4.91 Å². The van der Waals surface area contributed by atoms with E-state index in [1.807, 2.05) is 12.1 Å². The number of hydrogen-bond donors (Lipinski definition) is 1. The zero-order valence-electron chi connectivity index (χ0n) is 10.4. The molecule has 99 valence electrons. The Labute approximate surface area is 114 Å². The van der Waals surface area contributed by atoms with Crippen molar-refractivity contribution in [2.75, 3.05) is 0 Å². The Hall–Kier alpha value is -2.89. The van der Waals surface area contributed by atoms with E-state index in [0.29, 0.717) is 5.58 Å². The summed E-state index contributed by atoms with van der Waals surface area (Å²) < 4.78 is 11.0. The maximum atomic E-state index is 11.3. The molecule has 0 fully saturated rings. The standard InChI is InChI=1S/C14H11N3O3/c15-17(18)14-13(12-11(8-16-14)6-7-19-12)20-9-10-4-2-1-3-5-10/h2-8H,9H2,(H2,15,18)/q+1. The van der Waals surface area contributed by atoms with E-state index in [2.05, 4.69) is 11.1 Å². The van der Waals surface area contributed by atoms with Gasteiger partial charge in [0.05, 0.1) is 16.5 Å². The van der Waals surface area contributed by atoms with Crippen LogP contribution >= 0.6 is 0 Å². The molecule has 0 saturated carbocycles. The van der Waals surface area contributed by atoms with E-state index in [4.69, 9.17) is 15.0 Å². The predicted molar refractivity (Wildman–Crippen MR) is 71.1 cm³/mol. The quantitative estimate of drug-likeness (QED) is 0.447. The number of rotatable bonds is 4. The molecule has 1 aromatic carbocycles. The minimum atomic E-state index is -0.0186. The maximum Gasteiger partial charge on any atom is 0.434 e. The number of hydrazine groups is 1. The zero-order chi connectivity index (χ0) is 13.9. The van der Waals surface area contributed by atoms with E-state index in [-0.39, 0.29) is 23.0 Å². The summed E-state index contributed by atoms with van der Waals surface area (Å²) >= 11 is 0. The molecule has 6 heteroatoms. The molecule has 2 N–H and O–H groups in total. The Bertz CT molecular complexity index is 753. The molecule has 0 spiro atoms. The van der Waals surface area contributed by atoms with Gasteiger partial charge in [-0.05, 0) is 27.6 Å². The topological polar surface area (TPSA) is 81.4 Å². The molecule has 6 nitrogen and oxygen atoms in total. The van der Waals surface area contributed by atoms with Crippen molar-refractivity contribution in [1.29, 1.82) is 0 Å². The van der Waals surface area contributed by atoms with Crippen LogP contribution in [-0.2, 0) is 6.61 Å². The summed E-state index contributed by atoms with van der Waals surface area (Å²) in [6.45, 7) is 0.275. The highest BCUT2D eigenvalue weighted by molar-refractivity contribution is 5.85. The van der Waals surface area contributed by atoms with Crippen LogP contribution in [0.5, 0.6) is 5.75 Å². The lowest BCUT2D eigenvalue weighted by molar-refractivity contribution is -0.479. The highest BCUT2D eigenvalue weighted by Crippen LogP contribution is 2.33. The highest BCUT2D eigenvalue weighted by atomic mass is 16.5. The van der Waals surface area contributed by atoms with Gasteiger partial charge in [-0.2, -0.15) is 0 Å². The van der Waals surface area contributed by atoms with Crippen LogP contribution in [0.4, 0.5) is 5.82 Å². The van der Waals surface area contributed by atoms with Crippen LogP contribution < -0.4 is 10.6 Å². The lowest BCUT2D eigenvalue weighted by Gasteiger charge is -2.05. The maximum absolute atomic E-state index is 11.3. The van der Waals surface area contributed by atoms with Crippen LogP contribution in [0, 0.1) is 11.0 Å². The molecular weight excluding hydrogens is 258 g/mol. The van der Waals surface area contributed by atoms with E-state index < -0.39 is 0 Å². The van der Waals surface area contributed by atoms with Gasteiger partial charge in [-0.15, -0.1) is 0 Å². The van der Waals surface area contributed by atoms with Crippen molar-refractivity contribution in [2.45, 2.75) is 6.61 Å². The molecule has 2 aromatic heterocycles. The molecule has 0 saturated heterocycles. The van der Waals surface area contributed by atoms with Crippen LogP contribution in [0.25, 0.3) is 11.0 Å². The van der Waals surface area contributed by atoms with E-state index in [1.165, 1.54) is 12.5 Å².